The number of rotatable bonds is 6. The molecule has 8 heteroatoms. The first-order valence-corrected chi connectivity index (χ1v) is 10.1. The highest BCUT2D eigenvalue weighted by Gasteiger charge is 2.33. The van der Waals surface area contributed by atoms with Crippen LogP contribution in [0.1, 0.15) is 11.1 Å². The molecule has 1 aromatic heterocycles. The van der Waals surface area contributed by atoms with Crippen molar-refractivity contribution in [3.05, 3.63) is 77.2 Å². The highest BCUT2D eigenvalue weighted by molar-refractivity contribution is 7.80. The number of fused-ring (bicyclic) bond motifs is 1. The lowest BCUT2D eigenvalue weighted by Gasteiger charge is -2.28. The standard InChI is InChI=1S/C23H20FN3O3S/c1-30-11-10-27-22(29)19(21(28)25-23(27)31)12-16-14-26(20-5-3-2-4-18(16)20)13-15-6-8-17(24)9-7-15/h2-9,12,14H,10-11,13H2,1H3,(H,25,28,31)/b19-12+. The number of para-hydroxylation sites is 1. The number of benzene rings is 2. The van der Waals surface area contributed by atoms with E-state index in [0.29, 0.717) is 13.2 Å². The molecule has 0 radical (unpaired) electrons. The molecule has 31 heavy (non-hydrogen) atoms. The van der Waals surface area contributed by atoms with Gasteiger partial charge in [0, 0.05) is 36.3 Å². The number of carbonyl (C=O) groups is 2. The van der Waals surface area contributed by atoms with E-state index >= 15 is 0 Å². The molecule has 0 unspecified atom stereocenters. The van der Waals surface area contributed by atoms with Crippen molar-refractivity contribution in [1.82, 2.24) is 14.8 Å². The monoisotopic (exact) mass is 437 g/mol. The molecule has 0 atom stereocenters. The molecule has 3 aromatic rings. The Morgan fingerprint density at radius 1 is 1.13 bits per heavy atom. The quantitative estimate of drug-likeness (QED) is 0.366. The van der Waals surface area contributed by atoms with Crippen LogP contribution in [0.4, 0.5) is 4.39 Å². The van der Waals surface area contributed by atoms with E-state index in [0.717, 1.165) is 22.0 Å². The molecule has 1 aliphatic rings. The predicted molar refractivity (Wildman–Crippen MR) is 120 cm³/mol. The molecule has 0 saturated carbocycles. The molecule has 2 amide bonds. The third-order valence-corrected chi connectivity index (χ3v) is 5.41. The summed E-state index contributed by atoms with van der Waals surface area (Å²) in [6, 6.07) is 14.0. The Kier molecular flexibility index (Phi) is 5.92. The average Bonchev–Trinajstić information content (AvgIpc) is 3.10. The fourth-order valence-electron chi connectivity index (χ4n) is 3.54. The van der Waals surface area contributed by atoms with Crippen molar-refractivity contribution in [2.24, 2.45) is 0 Å². The first-order chi connectivity index (χ1) is 15.0. The molecule has 0 bridgehead atoms. The number of methoxy groups -OCH3 is 1. The molecular weight excluding hydrogens is 417 g/mol. The average molecular weight is 437 g/mol. The van der Waals surface area contributed by atoms with Gasteiger partial charge in [-0.1, -0.05) is 30.3 Å². The van der Waals surface area contributed by atoms with Gasteiger partial charge in [-0.15, -0.1) is 0 Å². The highest BCUT2D eigenvalue weighted by Crippen LogP contribution is 2.26. The van der Waals surface area contributed by atoms with Gasteiger partial charge in [0.25, 0.3) is 11.8 Å². The van der Waals surface area contributed by atoms with Crippen molar-refractivity contribution in [3.63, 3.8) is 0 Å². The molecule has 2 heterocycles. The third-order valence-electron chi connectivity index (χ3n) is 5.09. The van der Waals surface area contributed by atoms with E-state index in [1.54, 1.807) is 18.2 Å². The maximum absolute atomic E-state index is 13.2. The van der Waals surface area contributed by atoms with Gasteiger partial charge in [0.15, 0.2) is 5.11 Å². The molecule has 0 spiro atoms. The summed E-state index contributed by atoms with van der Waals surface area (Å²) in [7, 11) is 1.53. The topological polar surface area (TPSA) is 63.6 Å². The van der Waals surface area contributed by atoms with Gasteiger partial charge in [-0.25, -0.2) is 4.39 Å². The number of aromatic nitrogens is 1. The van der Waals surface area contributed by atoms with Crippen molar-refractivity contribution in [3.8, 4) is 0 Å². The Balaban J connectivity index is 1.73. The number of hydrogen-bond donors (Lipinski definition) is 1. The largest absolute Gasteiger partial charge is 0.383 e. The number of nitrogens with zero attached hydrogens (tertiary/aromatic N) is 2. The highest BCUT2D eigenvalue weighted by atomic mass is 32.1. The van der Waals surface area contributed by atoms with Gasteiger partial charge < -0.3 is 9.30 Å². The van der Waals surface area contributed by atoms with E-state index in [1.165, 1.54) is 24.1 Å². The number of halogens is 1. The number of ether oxygens (including phenoxy) is 1. The SMILES string of the molecule is COCCN1C(=O)/C(=C/c2cn(Cc3ccc(F)cc3)c3ccccc23)C(=O)NC1=S. The van der Waals surface area contributed by atoms with Crippen LogP contribution in [0.5, 0.6) is 0 Å². The molecule has 158 valence electrons. The van der Waals surface area contributed by atoms with Crippen LogP contribution >= 0.6 is 12.2 Å². The van der Waals surface area contributed by atoms with E-state index in [4.69, 9.17) is 17.0 Å². The molecule has 4 rings (SSSR count). The molecule has 2 aromatic carbocycles. The summed E-state index contributed by atoms with van der Waals surface area (Å²) in [6.07, 6.45) is 3.47. The van der Waals surface area contributed by atoms with E-state index in [1.807, 2.05) is 35.0 Å². The van der Waals surface area contributed by atoms with Gasteiger partial charge in [-0.3, -0.25) is 19.8 Å². The van der Waals surface area contributed by atoms with Gasteiger partial charge >= 0.3 is 0 Å². The minimum Gasteiger partial charge on any atom is -0.383 e. The maximum Gasteiger partial charge on any atom is 0.265 e. The second-order valence-corrected chi connectivity index (χ2v) is 7.51. The van der Waals surface area contributed by atoms with Crippen molar-refractivity contribution in [1.29, 1.82) is 0 Å². The van der Waals surface area contributed by atoms with Gasteiger partial charge in [0.2, 0.25) is 0 Å². The summed E-state index contributed by atoms with van der Waals surface area (Å²) < 4.78 is 20.3. The van der Waals surface area contributed by atoms with Gasteiger partial charge in [-0.2, -0.15) is 0 Å². The van der Waals surface area contributed by atoms with Crippen LogP contribution in [-0.2, 0) is 20.9 Å². The van der Waals surface area contributed by atoms with Crippen molar-refractivity contribution >= 4 is 46.1 Å². The normalized spacial score (nSPS) is 15.7. The van der Waals surface area contributed by atoms with Gasteiger partial charge in [-0.05, 0) is 42.1 Å². The van der Waals surface area contributed by atoms with Crippen LogP contribution in [0.15, 0.2) is 60.3 Å². The zero-order valence-corrected chi connectivity index (χ0v) is 17.6. The lowest BCUT2D eigenvalue weighted by Crippen LogP contribution is -2.54. The fourth-order valence-corrected chi connectivity index (χ4v) is 3.81. The number of amides is 2. The number of nitrogens with one attached hydrogen (secondary N) is 1. The van der Waals surface area contributed by atoms with Crippen LogP contribution in [0, 0.1) is 5.82 Å². The zero-order chi connectivity index (χ0) is 22.0. The maximum atomic E-state index is 13.2. The minimum absolute atomic E-state index is 0.00869. The van der Waals surface area contributed by atoms with Crippen LogP contribution in [-0.4, -0.2) is 46.7 Å². The van der Waals surface area contributed by atoms with Gasteiger partial charge in [0.05, 0.1) is 13.2 Å². The molecule has 1 N–H and O–H groups in total. The van der Waals surface area contributed by atoms with Gasteiger partial charge in [0.1, 0.15) is 11.4 Å². The zero-order valence-electron chi connectivity index (χ0n) is 16.8. The van der Waals surface area contributed by atoms with Crippen LogP contribution < -0.4 is 5.32 Å². The Bertz CT molecular complexity index is 1200. The molecule has 1 fully saturated rings. The molecular formula is C23H20FN3O3S. The minimum atomic E-state index is -0.529. The molecule has 6 nitrogen and oxygen atoms in total. The number of hydrogen-bond acceptors (Lipinski definition) is 4. The van der Waals surface area contributed by atoms with Crippen LogP contribution in [0.25, 0.3) is 17.0 Å². The van der Waals surface area contributed by atoms with E-state index in [2.05, 4.69) is 5.32 Å². The van der Waals surface area contributed by atoms with E-state index < -0.39 is 11.8 Å². The van der Waals surface area contributed by atoms with Crippen LogP contribution in [0.2, 0.25) is 0 Å². The Morgan fingerprint density at radius 2 is 1.87 bits per heavy atom. The number of carbonyl (C=O) groups excluding carboxylic acids is 2. The number of thiocarbonyl (C=S) groups is 1. The second kappa shape index (κ2) is 8.79. The summed E-state index contributed by atoms with van der Waals surface area (Å²) >= 11 is 5.13. The molecule has 1 saturated heterocycles. The lowest BCUT2D eigenvalue weighted by molar-refractivity contribution is -0.129. The van der Waals surface area contributed by atoms with E-state index in [9.17, 15) is 14.0 Å². The molecule has 1 aliphatic heterocycles. The predicted octanol–water partition coefficient (Wildman–Crippen LogP) is 3.10. The first kappa shape index (κ1) is 20.9. The third kappa shape index (κ3) is 4.26. The fraction of sp³-hybridized carbons (Fsp3) is 0.174. The van der Waals surface area contributed by atoms with Crippen LogP contribution in [0.3, 0.4) is 0 Å². The Labute approximate surface area is 183 Å². The van der Waals surface area contributed by atoms with Crippen molar-refractivity contribution in [2.45, 2.75) is 6.54 Å². The van der Waals surface area contributed by atoms with Crippen molar-refractivity contribution < 1.29 is 18.7 Å². The second-order valence-electron chi connectivity index (χ2n) is 7.12. The van der Waals surface area contributed by atoms with E-state index in [-0.39, 0.29) is 23.0 Å². The summed E-state index contributed by atoms with van der Waals surface area (Å²) in [5.74, 6) is -1.27. The summed E-state index contributed by atoms with van der Waals surface area (Å²) in [4.78, 5) is 26.8. The Morgan fingerprint density at radius 3 is 2.61 bits per heavy atom. The Hall–Kier alpha value is -3.36. The first-order valence-electron chi connectivity index (χ1n) is 9.68. The summed E-state index contributed by atoms with van der Waals surface area (Å²) in [6.45, 7) is 1.07. The molecule has 0 aliphatic carbocycles. The summed E-state index contributed by atoms with van der Waals surface area (Å²) in [5, 5.41) is 3.54. The smallest absolute Gasteiger partial charge is 0.265 e. The van der Waals surface area contributed by atoms with Crippen molar-refractivity contribution in [2.75, 3.05) is 20.3 Å². The lowest BCUT2D eigenvalue weighted by atomic mass is 10.1. The summed E-state index contributed by atoms with van der Waals surface area (Å²) in [5.41, 5.74) is 2.61.